The summed E-state index contributed by atoms with van der Waals surface area (Å²) in [4.78, 5) is 17.6. The summed E-state index contributed by atoms with van der Waals surface area (Å²) in [5.74, 6) is -0.350. The van der Waals surface area contributed by atoms with Gasteiger partial charge in [0.15, 0.2) is 0 Å². The van der Waals surface area contributed by atoms with E-state index in [1.54, 1.807) is 36.4 Å². The topological polar surface area (TPSA) is 65.8 Å². The number of amides is 1. The van der Waals surface area contributed by atoms with E-state index in [2.05, 4.69) is 16.4 Å². The molecule has 2 aromatic carbocycles. The van der Waals surface area contributed by atoms with Gasteiger partial charge in [0.1, 0.15) is 11.8 Å². The number of rotatable bonds is 4. The highest BCUT2D eigenvalue weighted by molar-refractivity contribution is 6.36. The lowest BCUT2D eigenvalue weighted by Gasteiger charge is -2.16. The van der Waals surface area contributed by atoms with E-state index in [1.165, 1.54) is 0 Å². The Morgan fingerprint density at radius 3 is 2.29 bits per heavy atom. The molecule has 0 saturated heterocycles. The Hall–Kier alpha value is -2.58. The molecule has 0 bridgehead atoms. The molecule has 0 atom stereocenters. The largest absolute Gasteiger partial charge is 0.348 e. The van der Waals surface area contributed by atoms with E-state index in [4.69, 9.17) is 34.8 Å². The molecule has 3 aromatic rings. The first-order valence-electron chi connectivity index (χ1n) is 9.93. The zero-order valence-electron chi connectivity index (χ0n) is 16.5. The van der Waals surface area contributed by atoms with Crippen LogP contribution >= 0.6 is 34.8 Å². The number of benzene rings is 2. The van der Waals surface area contributed by atoms with E-state index in [9.17, 15) is 10.1 Å². The fourth-order valence-electron chi connectivity index (χ4n) is 3.83. The van der Waals surface area contributed by atoms with Crippen LogP contribution in [0.2, 0.25) is 15.1 Å². The number of nitrogens with one attached hydrogen (secondary N) is 1. The van der Waals surface area contributed by atoms with Crippen molar-refractivity contribution in [2.24, 2.45) is 0 Å². The van der Waals surface area contributed by atoms with Crippen molar-refractivity contribution in [2.75, 3.05) is 0 Å². The molecular formula is C24H18Cl3N3O. The number of carbonyl (C=O) groups is 1. The van der Waals surface area contributed by atoms with Crippen LogP contribution in [0.4, 0.5) is 0 Å². The summed E-state index contributed by atoms with van der Waals surface area (Å²) in [7, 11) is 0. The zero-order chi connectivity index (χ0) is 22.0. The van der Waals surface area contributed by atoms with E-state index in [0.29, 0.717) is 31.9 Å². The van der Waals surface area contributed by atoms with E-state index in [-0.39, 0.29) is 23.2 Å². The molecule has 1 aromatic heterocycles. The van der Waals surface area contributed by atoms with Gasteiger partial charge in [-0.1, -0.05) is 59.8 Å². The predicted molar refractivity (Wildman–Crippen MR) is 125 cm³/mol. The van der Waals surface area contributed by atoms with Gasteiger partial charge in [-0.3, -0.25) is 4.79 Å². The van der Waals surface area contributed by atoms with Crippen molar-refractivity contribution in [3.63, 3.8) is 0 Å². The molecule has 1 aliphatic carbocycles. The molecule has 156 valence electrons. The maximum absolute atomic E-state index is 13.0. The number of aromatic nitrogens is 1. The van der Waals surface area contributed by atoms with Crippen molar-refractivity contribution in [3.8, 4) is 28.5 Å². The second-order valence-corrected chi connectivity index (χ2v) is 8.76. The normalized spacial score (nSPS) is 13.7. The van der Waals surface area contributed by atoms with Gasteiger partial charge in [0.05, 0.1) is 16.3 Å². The Kier molecular flexibility index (Phi) is 6.48. The van der Waals surface area contributed by atoms with Crippen LogP contribution in [0.25, 0.3) is 22.4 Å². The van der Waals surface area contributed by atoms with Gasteiger partial charge in [-0.05, 0) is 54.8 Å². The number of nitrogens with zero attached hydrogens (tertiary/aromatic N) is 2. The number of halogens is 3. The van der Waals surface area contributed by atoms with Crippen molar-refractivity contribution in [2.45, 2.75) is 31.7 Å². The van der Waals surface area contributed by atoms with Crippen LogP contribution in [0.1, 0.15) is 41.7 Å². The first-order chi connectivity index (χ1) is 15.0. The summed E-state index contributed by atoms with van der Waals surface area (Å²) in [5.41, 5.74) is 2.89. The van der Waals surface area contributed by atoms with Crippen molar-refractivity contribution >= 4 is 40.7 Å². The Bertz CT molecular complexity index is 1180. The molecule has 0 spiro atoms. The minimum atomic E-state index is -0.350. The molecule has 1 fully saturated rings. The highest BCUT2D eigenvalue weighted by Gasteiger charge is 2.24. The van der Waals surface area contributed by atoms with Crippen LogP contribution in [-0.4, -0.2) is 16.9 Å². The smallest absolute Gasteiger partial charge is 0.271 e. The van der Waals surface area contributed by atoms with E-state index >= 15 is 0 Å². The molecule has 7 heteroatoms. The van der Waals surface area contributed by atoms with Gasteiger partial charge in [0, 0.05) is 27.2 Å². The highest BCUT2D eigenvalue weighted by atomic mass is 35.5. The first kappa shape index (κ1) is 21.6. The predicted octanol–water partition coefficient (Wildman–Crippen LogP) is 6.92. The molecule has 31 heavy (non-hydrogen) atoms. The molecule has 0 radical (unpaired) electrons. The fourth-order valence-corrected chi connectivity index (χ4v) is 4.46. The second-order valence-electron chi connectivity index (χ2n) is 7.48. The lowest BCUT2D eigenvalue weighted by atomic mass is 9.96. The number of hydrogen-bond acceptors (Lipinski definition) is 3. The van der Waals surface area contributed by atoms with Gasteiger partial charge < -0.3 is 5.32 Å². The van der Waals surface area contributed by atoms with Crippen molar-refractivity contribution in [1.82, 2.24) is 10.3 Å². The van der Waals surface area contributed by atoms with Crippen LogP contribution in [0.5, 0.6) is 0 Å². The Morgan fingerprint density at radius 1 is 0.968 bits per heavy atom. The Labute approximate surface area is 195 Å². The quantitative estimate of drug-likeness (QED) is 0.450. The monoisotopic (exact) mass is 469 g/mol. The average molecular weight is 471 g/mol. The third kappa shape index (κ3) is 4.70. The molecule has 0 aliphatic heterocycles. The number of carbonyl (C=O) groups excluding carboxylic acids is 1. The molecule has 1 saturated carbocycles. The second kappa shape index (κ2) is 9.28. The summed E-state index contributed by atoms with van der Waals surface area (Å²) in [6, 6.07) is 16.2. The van der Waals surface area contributed by atoms with Crippen molar-refractivity contribution in [1.29, 1.82) is 5.26 Å². The number of nitriles is 1. The summed E-state index contributed by atoms with van der Waals surface area (Å²) in [6.07, 6.45) is 4.05. The van der Waals surface area contributed by atoms with Gasteiger partial charge >= 0.3 is 0 Å². The average Bonchev–Trinajstić information content (AvgIpc) is 3.26. The van der Waals surface area contributed by atoms with Crippen LogP contribution < -0.4 is 5.32 Å². The standard InChI is InChI=1S/C24H18Cl3N3O/c25-16-7-5-14(6-8-16)20-11-15(13-28)22(24(31)29-18-3-1-2-4-18)30-23(20)19-10-9-17(26)12-21(19)27/h5-12,18H,1-4H2,(H,29,31). The SMILES string of the molecule is N#Cc1cc(-c2ccc(Cl)cc2)c(-c2ccc(Cl)cc2Cl)nc1C(=O)NC1CCCC1. The fraction of sp³-hybridized carbons (Fsp3) is 0.208. The van der Waals surface area contributed by atoms with E-state index < -0.39 is 0 Å². The van der Waals surface area contributed by atoms with Crippen LogP contribution in [0.3, 0.4) is 0 Å². The highest BCUT2D eigenvalue weighted by Crippen LogP contribution is 2.37. The maximum atomic E-state index is 13.0. The molecule has 1 aliphatic rings. The Balaban J connectivity index is 1.89. The summed E-state index contributed by atoms with van der Waals surface area (Å²) in [6.45, 7) is 0. The molecule has 1 amide bonds. The van der Waals surface area contributed by atoms with Crippen LogP contribution in [0, 0.1) is 11.3 Å². The molecule has 4 rings (SSSR count). The summed E-state index contributed by atoms with van der Waals surface area (Å²) in [5, 5.41) is 14.3. The maximum Gasteiger partial charge on any atom is 0.271 e. The van der Waals surface area contributed by atoms with Gasteiger partial charge in [-0.2, -0.15) is 5.26 Å². The van der Waals surface area contributed by atoms with Crippen LogP contribution in [0.15, 0.2) is 48.5 Å². The minimum absolute atomic E-state index is 0.0909. The van der Waals surface area contributed by atoms with E-state index in [1.807, 2.05) is 12.1 Å². The first-order valence-corrected chi connectivity index (χ1v) is 11.1. The zero-order valence-corrected chi connectivity index (χ0v) is 18.7. The lowest BCUT2D eigenvalue weighted by Crippen LogP contribution is -2.33. The van der Waals surface area contributed by atoms with Gasteiger partial charge in [-0.25, -0.2) is 4.98 Å². The molecule has 1 N–H and O–H groups in total. The third-order valence-electron chi connectivity index (χ3n) is 5.39. The molecular weight excluding hydrogens is 453 g/mol. The van der Waals surface area contributed by atoms with E-state index in [0.717, 1.165) is 31.2 Å². The third-order valence-corrected chi connectivity index (χ3v) is 6.19. The molecule has 0 unspecified atom stereocenters. The van der Waals surface area contributed by atoms with Gasteiger partial charge in [0.25, 0.3) is 5.91 Å². The summed E-state index contributed by atoms with van der Waals surface area (Å²) < 4.78 is 0. The van der Waals surface area contributed by atoms with Gasteiger partial charge in [0.2, 0.25) is 0 Å². The van der Waals surface area contributed by atoms with Crippen molar-refractivity contribution < 1.29 is 4.79 Å². The lowest BCUT2D eigenvalue weighted by molar-refractivity contribution is 0.0932. The molecule has 4 nitrogen and oxygen atoms in total. The Morgan fingerprint density at radius 2 is 1.65 bits per heavy atom. The minimum Gasteiger partial charge on any atom is -0.348 e. The van der Waals surface area contributed by atoms with Crippen molar-refractivity contribution in [3.05, 3.63) is 74.9 Å². The van der Waals surface area contributed by atoms with Crippen LogP contribution in [-0.2, 0) is 0 Å². The number of pyridine rings is 1. The van der Waals surface area contributed by atoms with Gasteiger partial charge in [-0.15, -0.1) is 0 Å². The molecule has 1 heterocycles. The number of hydrogen-bond donors (Lipinski definition) is 1. The summed E-state index contributed by atoms with van der Waals surface area (Å²) >= 11 is 18.6.